The van der Waals surface area contributed by atoms with Gasteiger partial charge in [-0.15, -0.1) is 0 Å². The molecule has 1 heterocycles. The van der Waals surface area contributed by atoms with Gasteiger partial charge in [0, 0.05) is 11.6 Å². The number of nitriles is 1. The average molecular weight is 271 g/mol. The second-order valence-electron chi connectivity index (χ2n) is 4.49. The van der Waals surface area contributed by atoms with E-state index >= 15 is 0 Å². The van der Waals surface area contributed by atoms with E-state index in [1.165, 1.54) is 18.5 Å². The van der Waals surface area contributed by atoms with Crippen LogP contribution in [-0.2, 0) is 6.42 Å². The van der Waals surface area contributed by atoms with Crippen LogP contribution in [0.25, 0.3) is 0 Å². The number of aromatic nitrogens is 2. The second kappa shape index (κ2) is 4.87. The number of nitrogens with zero attached hydrogens (tertiary/aromatic N) is 3. The van der Waals surface area contributed by atoms with Crippen molar-refractivity contribution >= 4 is 0 Å². The quantitative estimate of drug-likeness (QED) is 0.906. The first-order valence-corrected chi connectivity index (χ1v) is 6.08. The smallest absolute Gasteiger partial charge is 0.225 e. The highest BCUT2D eigenvalue weighted by atomic mass is 19.1. The zero-order valence-electron chi connectivity index (χ0n) is 10.4. The minimum absolute atomic E-state index is 0.172. The molecule has 5 nitrogen and oxygen atoms in total. The summed E-state index contributed by atoms with van der Waals surface area (Å²) in [6, 6.07) is 5.60. The van der Waals surface area contributed by atoms with E-state index in [1.54, 1.807) is 0 Å². The summed E-state index contributed by atoms with van der Waals surface area (Å²) in [5.74, 6) is -0.0605. The summed E-state index contributed by atoms with van der Waals surface area (Å²) in [6.45, 7) is 0. The van der Waals surface area contributed by atoms with Gasteiger partial charge in [0.05, 0.1) is 23.4 Å². The van der Waals surface area contributed by atoms with Crippen LogP contribution in [0.1, 0.15) is 29.3 Å². The Hall–Kier alpha value is -2.52. The number of fused-ring (bicyclic) bond motifs is 1. The Labute approximate surface area is 114 Å². The van der Waals surface area contributed by atoms with Crippen LogP contribution >= 0.6 is 0 Å². The molecule has 0 unspecified atom stereocenters. The minimum Gasteiger partial charge on any atom is -0.438 e. The summed E-state index contributed by atoms with van der Waals surface area (Å²) < 4.78 is 18.9. The fraction of sp³-hybridized carbons (Fsp3) is 0.214. The van der Waals surface area contributed by atoms with Crippen molar-refractivity contribution in [2.75, 3.05) is 0 Å². The molecule has 1 aliphatic carbocycles. The fourth-order valence-electron chi connectivity index (χ4n) is 2.23. The van der Waals surface area contributed by atoms with Crippen LogP contribution in [0, 0.1) is 17.1 Å². The predicted octanol–water partition coefficient (Wildman–Crippen LogP) is 2.26. The lowest BCUT2D eigenvalue weighted by molar-refractivity contribution is 0.175. The van der Waals surface area contributed by atoms with Crippen LogP contribution < -0.4 is 4.74 Å². The van der Waals surface area contributed by atoms with Crippen molar-refractivity contribution in [3.05, 3.63) is 47.2 Å². The van der Waals surface area contributed by atoms with Crippen LogP contribution in [0.4, 0.5) is 4.39 Å². The van der Waals surface area contributed by atoms with Gasteiger partial charge in [-0.05, 0) is 25.0 Å². The van der Waals surface area contributed by atoms with E-state index in [4.69, 9.17) is 10.00 Å². The molecule has 0 radical (unpaired) electrons. The van der Waals surface area contributed by atoms with E-state index in [0.717, 1.165) is 11.6 Å². The van der Waals surface area contributed by atoms with Crippen molar-refractivity contribution in [3.8, 4) is 17.7 Å². The number of benzene rings is 1. The van der Waals surface area contributed by atoms with Crippen molar-refractivity contribution in [3.63, 3.8) is 0 Å². The monoisotopic (exact) mass is 271 g/mol. The lowest BCUT2D eigenvalue weighted by Crippen LogP contribution is -1.99. The first kappa shape index (κ1) is 12.5. The second-order valence-corrected chi connectivity index (χ2v) is 4.49. The lowest BCUT2D eigenvalue weighted by Gasteiger charge is -2.09. The standard InChI is InChI=1S/C14H10FN3O2/c15-9-3-8(6-16)4-10(5-9)20-14-11-1-2-12(19)13(11)17-7-18-14/h3-5,7,12,19H,1-2H2/t12-/m1/s1. The van der Waals surface area contributed by atoms with E-state index in [1.807, 2.05) is 6.07 Å². The van der Waals surface area contributed by atoms with Crippen molar-refractivity contribution in [1.29, 1.82) is 5.26 Å². The third-order valence-corrected chi connectivity index (χ3v) is 3.14. The van der Waals surface area contributed by atoms with Crippen molar-refractivity contribution in [1.82, 2.24) is 9.97 Å². The molecule has 0 spiro atoms. The number of rotatable bonds is 2. The van der Waals surface area contributed by atoms with E-state index < -0.39 is 11.9 Å². The van der Waals surface area contributed by atoms with Crippen molar-refractivity contribution < 1.29 is 14.2 Å². The zero-order valence-corrected chi connectivity index (χ0v) is 10.4. The number of hydrogen-bond donors (Lipinski definition) is 1. The third kappa shape index (κ3) is 2.19. The molecular weight excluding hydrogens is 261 g/mol. The van der Waals surface area contributed by atoms with Gasteiger partial charge >= 0.3 is 0 Å². The molecule has 1 N–H and O–H groups in total. The molecule has 2 aromatic rings. The number of ether oxygens (including phenoxy) is 1. The molecule has 20 heavy (non-hydrogen) atoms. The maximum Gasteiger partial charge on any atom is 0.225 e. The van der Waals surface area contributed by atoms with E-state index in [9.17, 15) is 9.50 Å². The molecule has 0 amide bonds. The summed E-state index contributed by atoms with van der Waals surface area (Å²) in [6.07, 6.45) is 1.86. The normalized spacial score (nSPS) is 16.6. The minimum atomic E-state index is -0.613. The SMILES string of the molecule is N#Cc1cc(F)cc(Oc2ncnc3c2CC[C@H]3O)c1. The van der Waals surface area contributed by atoms with Gasteiger partial charge in [0.1, 0.15) is 17.9 Å². The topological polar surface area (TPSA) is 79.0 Å². The fourth-order valence-corrected chi connectivity index (χ4v) is 2.23. The lowest BCUT2D eigenvalue weighted by atomic mass is 10.2. The first-order valence-electron chi connectivity index (χ1n) is 6.08. The molecule has 0 saturated heterocycles. The number of halogens is 1. The molecule has 100 valence electrons. The highest BCUT2D eigenvalue weighted by Gasteiger charge is 2.26. The van der Waals surface area contributed by atoms with Gasteiger partial charge in [-0.3, -0.25) is 0 Å². The Bertz CT molecular complexity index is 712. The number of hydrogen-bond acceptors (Lipinski definition) is 5. The average Bonchev–Trinajstić information content (AvgIpc) is 2.81. The molecular formula is C14H10FN3O2. The van der Waals surface area contributed by atoms with Crippen molar-refractivity contribution in [2.24, 2.45) is 0 Å². The molecule has 1 aromatic heterocycles. The van der Waals surface area contributed by atoms with Gasteiger partial charge in [0.25, 0.3) is 0 Å². The maximum absolute atomic E-state index is 13.3. The molecule has 1 aromatic carbocycles. The Kier molecular flexibility index (Phi) is 3.05. The third-order valence-electron chi connectivity index (χ3n) is 3.14. The summed E-state index contributed by atoms with van der Waals surface area (Å²) >= 11 is 0. The highest BCUT2D eigenvalue weighted by Crippen LogP contribution is 2.35. The van der Waals surface area contributed by atoms with E-state index in [-0.39, 0.29) is 11.3 Å². The maximum atomic E-state index is 13.3. The Morgan fingerprint density at radius 2 is 2.20 bits per heavy atom. The number of aliphatic hydroxyl groups is 1. The first-order chi connectivity index (χ1) is 9.67. The molecule has 0 bridgehead atoms. The molecule has 6 heteroatoms. The molecule has 0 aliphatic heterocycles. The molecule has 3 rings (SSSR count). The van der Waals surface area contributed by atoms with Gasteiger partial charge in [0.15, 0.2) is 0 Å². The predicted molar refractivity (Wildman–Crippen MR) is 66.5 cm³/mol. The summed E-state index contributed by atoms with van der Waals surface area (Å²) in [5, 5.41) is 18.6. The van der Waals surface area contributed by atoms with Crippen LogP contribution in [0.2, 0.25) is 0 Å². The Morgan fingerprint density at radius 1 is 1.35 bits per heavy atom. The van der Waals surface area contributed by atoms with Crippen LogP contribution in [0.15, 0.2) is 24.5 Å². The van der Waals surface area contributed by atoms with E-state index in [2.05, 4.69) is 9.97 Å². The summed E-state index contributed by atoms with van der Waals surface area (Å²) in [7, 11) is 0. The number of aliphatic hydroxyl groups excluding tert-OH is 1. The Morgan fingerprint density at radius 3 is 3.00 bits per heavy atom. The Balaban J connectivity index is 1.97. The highest BCUT2D eigenvalue weighted by molar-refractivity contribution is 5.41. The largest absolute Gasteiger partial charge is 0.438 e. The molecule has 1 atom stereocenters. The van der Waals surface area contributed by atoms with Gasteiger partial charge in [0.2, 0.25) is 5.88 Å². The van der Waals surface area contributed by atoms with Gasteiger partial charge in [-0.2, -0.15) is 5.26 Å². The van der Waals surface area contributed by atoms with Gasteiger partial charge < -0.3 is 9.84 Å². The molecule has 0 saturated carbocycles. The van der Waals surface area contributed by atoms with Gasteiger partial charge in [-0.1, -0.05) is 0 Å². The molecule has 0 fully saturated rings. The van der Waals surface area contributed by atoms with E-state index in [0.29, 0.717) is 24.4 Å². The van der Waals surface area contributed by atoms with Gasteiger partial charge in [-0.25, -0.2) is 14.4 Å². The van der Waals surface area contributed by atoms with Crippen LogP contribution in [0.5, 0.6) is 11.6 Å². The van der Waals surface area contributed by atoms with Crippen molar-refractivity contribution in [2.45, 2.75) is 18.9 Å². The zero-order chi connectivity index (χ0) is 14.1. The summed E-state index contributed by atoms with van der Waals surface area (Å²) in [4.78, 5) is 8.04. The summed E-state index contributed by atoms with van der Waals surface area (Å²) in [5.41, 5.74) is 1.44. The van der Waals surface area contributed by atoms with Crippen LogP contribution in [0.3, 0.4) is 0 Å². The van der Waals surface area contributed by atoms with Crippen LogP contribution in [-0.4, -0.2) is 15.1 Å². The molecule has 1 aliphatic rings.